The van der Waals surface area contributed by atoms with Crippen molar-refractivity contribution < 1.29 is 23.5 Å². The minimum Gasteiger partial charge on any atom is -0.497 e. The highest BCUT2D eigenvalue weighted by atomic mass is 32.1. The number of benzene rings is 1. The van der Waals surface area contributed by atoms with Crippen molar-refractivity contribution in [1.29, 1.82) is 0 Å². The van der Waals surface area contributed by atoms with Crippen LogP contribution in [0.5, 0.6) is 5.75 Å². The number of nitrogens with zero attached hydrogens (tertiary/aromatic N) is 2. The Balaban J connectivity index is 2.13. The van der Waals surface area contributed by atoms with Gasteiger partial charge in [0, 0.05) is 5.54 Å². The molecule has 10 nitrogen and oxygen atoms in total. The van der Waals surface area contributed by atoms with Gasteiger partial charge in [0.25, 0.3) is 11.8 Å². The van der Waals surface area contributed by atoms with Crippen molar-refractivity contribution in [2.24, 2.45) is 5.73 Å². The Bertz CT molecular complexity index is 1190. The summed E-state index contributed by atoms with van der Waals surface area (Å²) in [4.78, 5) is 40.5. The molecule has 0 fully saturated rings. The molecule has 1 atom stereocenters. The molecular formula is C24H29N5O5S. The average molecular weight is 500 g/mol. The Morgan fingerprint density at radius 3 is 2.43 bits per heavy atom. The number of carbonyl (C=O) groups is 3. The zero-order valence-corrected chi connectivity index (χ0v) is 20.8. The second kappa shape index (κ2) is 10.6. The van der Waals surface area contributed by atoms with Crippen LogP contribution >= 0.6 is 11.5 Å². The summed E-state index contributed by atoms with van der Waals surface area (Å²) in [7, 11) is 1.54. The van der Waals surface area contributed by atoms with E-state index in [9.17, 15) is 14.4 Å². The fourth-order valence-electron chi connectivity index (χ4n) is 3.36. The topological polar surface area (TPSA) is 154 Å². The molecule has 1 unspecified atom stereocenters. The molecule has 3 amide bonds. The number of amides is 3. The van der Waals surface area contributed by atoms with Crippen LogP contribution in [0.2, 0.25) is 0 Å². The van der Waals surface area contributed by atoms with Gasteiger partial charge in [-0.05, 0) is 61.6 Å². The first kappa shape index (κ1) is 25.8. The van der Waals surface area contributed by atoms with Gasteiger partial charge in [0.2, 0.25) is 5.91 Å². The van der Waals surface area contributed by atoms with Gasteiger partial charge in [0.15, 0.2) is 5.69 Å². The van der Waals surface area contributed by atoms with Crippen molar-refractivity contribution in [3.8, 4) is 5.75 Å². The number of furan rings is 1. The van der Waals surface area contributed by atoms with Crippen LogP contribution in [0.25, 0.3) is 0 Å². The van der Waals surface area contributed by atoms with Crippen molar-refractivity contribution >= 4 is 34.9 Å². The molecule has 2 heterocycles. The Morgan fingerprint density at radius 1 is 1.23 bits per heavy atom. The molecule has 35 heavy (non-hydrogen) atoms. The van der Waals surface area contributed by atoms with Gasteiger partial charge in [-0.25, -0.2) is 0 Å². The Morgan fingerprint density at radius 2 is 1.91 bits per heavy atom. The molecule has 2 aromatic heterocycles. The van der Waals surface area contributed by atoms with Gasteiger partial charge in [-0.1, -0.05) is 19.1 Å². The number of hydrogen-bond acceptors (Lipinski definition) is 8. The van der Waals surface area contributed by atoms with E-state index in [4.69, 9.17) is 20.6 Å². The zero-order valence-electron chi connectivity index (χ0n) is 20.0. The van der Waals surface area contributed by atoms with Gasteiger partial charge < -0.3 is 30.8 Å². The number of aromatic nitrogens is 1. The van der Waals surface area contributed by atoms with Crippen molar-refractivity contribution in [3.05, 3.63) is 64.6 Å². The molecule has 0 radical (unpaired) electrons. The third-order valence-corrected chi connectivity index (χ3v) is 6.51. The molecule has 0 spiro atoms. The smallest absolute Gasteiger partial charge is 0.270 e. The summed E-state index contributed by atoms with van der Waals surface area (Å²) in [6.45, 7) is 5.72. The van der Waals surface area contributed by atoms with Crippen LogP contribution in [0.1, 0.15) is 64.7 Å². The molecule has 5 N–H and O–H groups in total. The first-order valence-electron chi connectivity index (χ1n) is 10.9. The Kier molecular flexibility index (Phi) is 7.80. The largest absolute Gasteiger partial charge is 0.497 e. The zero-order chi connectivity index (χ0) is 25.8. The molecular weight excluding hydrogens is 470 g/mol. The number of primary amides is 1. The highest BCUT2D eigenvalue weighted by molar-refractivity contribution is 7.09. The van der Waals surface area contributed by atoms with E-state index >= 15 is 0 Å². The van der Waals surface area contributed by atoms with E-state index in [0.29, 0.717) is 23.5 Å². The molecule has 0 saturated carbocycles. The van der Waals surface area contributed by atoms with Crippen molar-refractivity contribution in [2.75, 3.05) is 12.8 Å². The highest BCUT2D eigenvalue weighted by Gasteiger charge is 2.37. The second-order valence-corrected chi connectivity index (χ2v) is 9.33. The minimum absolute atomic E-state index is 0.00594. The highest BCUT2D eigenvalue weighted by Crippen LogP contribution is 2.31. The van der Waals surface area contributed by atoms with Gasteiger partial charge in [-0.15, -0.1) is 0 Å². The third kappa shape index (κ3) is 5.80. The summed E-state index contributed by atoms with van der Waals surface area (Å²) < 4.78 is 14.7. The van der Waals surface area contributed by atoms with Gasteiger partial charge in [0.1, 0.15) is 22.4 Å². The molecule has 11 heteroatoms. The van der Waals surface area contributed by atoms with Crippen molar-refractivity contribution in [1.82, 2.24) is 14.6 Å². The Hall–Kier alpha value is -3.86. The lowest BCUT2D eigenvalue weighted by atomic mass is 9.98. The van der Waals surface area contributed by atoms with Gasteiger partial charge in [-0.2, -0.15) is 4.37 Å². The lowest BCUT2D eigenvalue weighted by Gasteiger charge is -2.34. The number of ether oxygens (including phenoxy) is 1. The third-order valence-electron chi connectivity index (χ3n) is 5.66. The quantitative estimate of drug-likeness (QED) is 0.387. The summed E-state index contributed by atoms with van der Waals surface area (Å²) in [6.07, 6.45) is 2.15. The molecule has 0 saturated heterocycles. The van der Waals surface area contributed by atoms with E-state index in [0.717, 1.165) is 11.5 Å². The lowest BCUT2D eigenvalue weighted by Crippen LogP contribution is -2.50. The first-order valence-corrected chi connectivity index (χ1v) is 11.7. The van der Waals surface area contributed by atoms with E-state index in [-0.39, 0.29) is 28.7 Å². The van der Waals surface area contributed by atoms with Gasteiger partial charge in [0.05, 0.1) is 25.6 Å². The second-order valence-electron chi connectivity index (χ2n) is 8.55. The Labute approximate surface area is 207 Å². The van der Waals surface area contributed by atoms with E-state index in [1.807, 2.05) is 20.8 Å². The van der Waals surface area contributed by atoms with Crippen LogP contribution in [0.4, 0.5) is 5.69 Å². The SMILES string of the molecule is CCC(C)(C)NC(=O)C(c1ccc(OC)cc1)N(Cc1ccco1)C(=O)c1snc(C(N)=O)c1N. The monoisotopic (exact) mass is 499 g/mol. The molecule has 0 aliphatic heterocycles. The van der Waals surface area contributed by atoms with Crippen molar-refractivity contribution in [2.45, 2.75) is 45.3 Å². The molecule has 3 rings (SSSR count). The molecule has 0 aliphatic carbocycles. The van der Waals surface area contributed by atoms with E-state index in [1.54, 1.807) is 43.5 Å². The van der Waals surface area contributed by atoms with Gasteiger partial charge >= 0.3 is 0 Å². The van der Waals surface area contributed by atoms with Crippen LogP contribution in [0.3, 0.4) is 0 Å². The number of nitrogen functional groups attached to an aromatic ring is 1. The number of rotatable bonds is 10. The summed E-state index contributed by atoms with van der Waals surface area (Å²) in [5.41, 5.74) is 11.1. The molecule has 1 aromatic carbocycles. The van der Waals surface area contributed by atoms with E-state index in [2.05, 4.69) is 9.69 Å². The number of methoxy groups -OCH3 is 1. The van der Waals surface area contributed by atoms with Crippen LogP contribution in [0, 0.1) is 0 Å². The van der Waals surface area contributed by atoms with Crippen LogP contribution < -0.4 is 21.5 Å². The summed E-state index contributed by atoms with van der Waals surface area (Å²) in [5.74, 6) is -0.764. The van der Waals surface area contributed by atoms with Gasteiger partial charge in [-0.3, -0.25) is 14.4 Å². The summed E-state index contributed by atoms with van der Waals surface area (Å²) in [6, 6.07) is 9.19. The van der Waals surface area contributed by atoms with Crippen molar-refractivity contribution in [3.63, 3.8) is 0 Å². The number of anilines is 1. The van der Waals surface area contributed by atoms with E-state index < -0.39 is 23.4 Å². The fraction of sp³-hybridized carbons (Fsp3) is 0.333. The molecule has 3 aromatic rings. The number of carbonyl (C=O) groups excluding carboxylic acids is 3. The average Bonchev–Trinajstić information content (AvgIpc) is 3.48. The number of nitrogens with two attached hydrogens (primary N) is 2. The summed E-state index contributed by atoms with van der Waals surface area (Å²) >= 11 is 0.752. The van der Waals surface area contributed by atoms with Crippen LogP contribution in [0.15, 0.2) is 47.1 Å². The minimum atomic E-state index is -1.05. The molecule has 0 aliphatic rings. The normalized spacial score (nSPS) is 12.1. The standard InChI is InChI=1S/C24H29N5O5S/c1-5-24(2,3)27-22(31)19(14-8-10-15(33-4)11-9-14)29(13-16-7-6-12-34-16)23(32)20-17(25)18(21(26)30)28-35-20/h6-12,19H,5,13,25H2,1-4H3,(H2,26,30)(H,27,31). The maximum absolute atomic E-state index is 13.8. The van der Waals surface area contributed by atoms with E-state index in [1.165, 1.54) is 11.2 Å². The molecule has 0 bridgehead atoms. The van der Waals surface area contributed by atoms with Crippen LogP contribution in [-0.2, 0) is 11.3 Å². The maximum atomic E-state index is 13.8. The predicted molar refractivity (Wildman–Crippen MR) is 132 cm³/mol. The molecule has 186 valence electrons. The number of hydrogen-bond donors (Lipinski definition) is 3. The predicted octanol–water partition coefficient (Wildman–Crippen LogP) is 3.11. The van der Waals surface area contributed by atoms with Crippen LogP contribution in [-0.4, -0.2) is 39.6 Å². The first-order chi connectivity index (χ1) is 16.6. The fourth-order valence-corrected chi connectivity index (χ4v) is 4.12. The maximum Gasteiger partial charge on any atom is 0.270 e. The lowest BCUT2D eigenvalue weighted by molar-refractivity contribution is -0.127. The number of nitrogens with one attached hydrogen (secondary N) is 1. The summed E-state index contributed by atoms with van der Waals surface area (Å²) in [5, 5.41) is 3.03.